The fourth-order valence-corrected chi connectivity index (χ4v) is 2.65. The van der Waals surface area contributed by atoms with E-state index in [0.29, 0.717) is 6.54 Å². The van der Waals surface area contributed by atoms with Gasteiger partial charge in [-0.2, -0.15) is 0 Å². The first-order chi connectivity index (χ1) is 9.93. The highest BCUT2D eigenvalue weighted by molar-refractivity contribution is 7.09. The molecule has 0 fully saturated rings. The van der Waals surface area contributed by atoms with Gasteiger partial charge in [0.25, 0.3) is 5.91 Å². The number of benzene rings is 1. The smallest absolute Gasteiger partial charge is 0.254 e. The Morgan fingerprint density at radius 2 is 2.05 bits per heavy atom. The third-order valence-electron chi connectivity index (χ3n) is 3.01. The topological polar surface area (TPSA) is 71.2 Å². The predicted molar refractivity (Wildman–Crippen MR) is 76.8 cm³/mol. The average Bonchev–Trinajstić information content (AvgIpc) is 2.83. The SMILES string of the molecule is Cc1ncsc1CN(C)C(=O)c1cc(F)c(NN)c(F)c1. The van der Waals surface area contributed by atoms with E-state index in [1.165, 1.54) is 16.2 Å². The Morgan fingerprint density at radius 1 is 1.43 bits per heavy atom. The first-order valence-electron chi connectivity index (χ1n) is 6.04. The number of amides is 1. The standard InChI is InChI=1S/C13H14F2N4OS/c1-7-11(21-6-17-7)5-19(2)13(20)8-3-9(14)12(18-16)10(15)4-8/h3-4,6,18H,5,16H2,1-2H3. The fourth-order valence-electron chi connectivity index (χ4n) is 1.82. The number of thiazole rings is 1. The van der Waals surface area contributed by atoms with Crippen LogP contribution < -0.4 is 11.3 Å². The maximum Gasteiger partial charge on any atom is 0.254 e. The van der Waals surface area contributed by atoms with E-state index < -0.39 is 23.2 Å². The van der Waals surface area contributed by atoms with Gasteiger partial charge >= 0.3 is 0 Å². The highest BCUT2D eigenvalue weighted by atomic mass is 32.1. The van der Waals surface area contributed by atoms with E-state index in [1.54, 1.807) is 12.6 Å². The van der Waals surface area contributed by atoms with Gasteiger partial charge < -0.3 is 10.3 Å². The number of nitrogen functional groups attached to an aromatic ring is 1. The molecule has 0 spiro atoms. The molecule has 0 aliphatic heterocycles. The van der Waals surface area contributed by atoms with E-state index in [4.69, 9.17) is 5.84 Å². The minimum absolute atomic E-state index is 0.0753. The summed E-state index contributed by atoms with van der Waals surface area (Å²) in [6.45, 7) is 2.17. The van der Waals surface area contributed by atoms with Crippen molar-refractivity contribution in [2.45, 2.75) is 13.5 Å². The maximum atomic E-state index is 13.6. The monoisotopic (exact) mass is 312 g/mol. The minimum atomic E-state index is -0.914. The minimum Gasteiger partial charge on any atom is -0.336 e. The molecule has 0 saturated carbocycles. The summed E-state index contributed by atoms with van der Waals surface area (Å²) in [6.07, 6.45) is 0. The first kappa shape index (κ1) is 15.3. The van der Waals surface area contributed by atoms with Crippen molar-refractivity contribution in [1.29, 1.82) is 0 Å². The van der Waals surface area contributed by atoms with E-state index in [0.717, 1.165) is 22.7 Å². The number of halogens is 2. The summed E-state index contributed by atoms with van der Waals surface area (Å²) in [5, 5.41) is 0. The number of rotatable bonds is 4. The second-order valence-electron chi connectivity index (χ2n) is 4.48. The van der Waals surface area contributed by atoms with Crippen molar-refractivity contribution in [2.75, 3.05) is 12.5 Å². The second-order valence-corrected chi connectivity index (χ2v) is 5.42. The largest absolute Gasteiger partial charge is 0.336 e. The van der Waals surface area contributed by atoms with E-state index in [1.807, 2.05) is 12.3 Å². The van der Waals surface area contributed by atoms with Crippen LogP contribution in [-0.4, -0.2) is 22.8 Å². The Bertz CT molecular complexity index is 651. The number of carbonyl (C=O) groups excluding carboxylic acids is 1. The first-order valence-corrected chi connectivity index (χ1v) is 6.92. The van der Waals surface area contributed by atoms with E-state index in [9.17, 15) is 13.6 Å². The summed E-state index contributed by atoms with van der Waals surface area (Å²) < 4.78 is 27.2. The Labute approximate surface area is 124 Å². The van der Waals surface area contributed by atoms with Crippen molar-refractivity contribution >= 4 is 22.9 Å². The van der Waals surface area contributed by atoms with Gasteiger partial charge in [0.1, 0.15) is 5.69 Å². The lowest BCUT2D eigenvalue weighted by molar-refractivity contribution is 0.0785. The van der Waals surface area contributed by atoms with Gasteiger partial charge in [-0.05, 0) is 19.1 Å². The molecule has 1 heterocycles. The quantitative estimate of drug-likeness (QED) is 0.671. The summed E-state index contributed by atoms with van der Waals surface area (Å²) in [7, 11) is 1.56. The molecule has 0 radical (unpaired) electrons. The van der Waals surface area contributed by atoms with E-state index in [2.05, 4.69) is 4.98 Å². The molecule has 21 heavy (non-hydrogen) atoms. The predicted octanol–water partition coefficient (Wildman–Crippen LogP) is 2.29. The van der Waals surface area contributed by atoms with Gasteiger partial charge in [-0.25, -0.2) is 13.8 Å². The summed E-state index contributed by atoms with van der Waals surface area (Å²) in [4.78, 5) is 18.6. The zero-order valence-electron chi connectivity index (χ0n) is 11.5. The molecule has 1 aromatic carbocycles. The van der Waals surface area contributed by atoms with Gasteiger partial charge in [0.15, 0.2) is 11.6 Å². The molecule has 2 rings (SSSR count). The summed E-state index contributed by atoms with van der Waals surface area (Å²) in [5.41, 5.74) is 3.90. The molecule has 0 aliphatic rings. The molecule has 1 amide bonds. The van der Waals surface area contributed by atoms with Crippen molar-refractivity contribution in [2.24, 2.45) is 5.84 Å². The van der Waals surface area contributed by atoms with Crippen LogP contribution in [-0.2, 0) is 6.54 Å². The van der Waals surface area contributed by atoms with Crippen molar-refractivity contribution in [1.82, 2.24) is 9.88 Å². The van der Waals surface area contributed by atoms with Crippen molar-refractivity contribution < 1.29 is 13.6 Å². The molecular weight excluding hydrogens is 298 g/mol. The third kappa shape index (κ3) is 3.17. The molecule has 3 N–H and O–H groups in total. The van der Waals surface area contributed by atoms with Crippen LogP contribution in [0.5, 0.6) is 0 Å². The van der Waals surface area contributed by atoms with Crippen molar-refractivity contribution in [3.05, 3.63) is 45.4 Å². The Hall–Kier alpha value is -2.06. The van der Waals surface area contributed by atoms with Gasteiger partial charge in [-0.3, -0.25) is 10.6 Å². The average molecular weight is 312 g/mol. The molecule has 0 unspecified atom stereocenters. The van der Waals surface area contributed by atoms with Crippen LogP contribution in [0.3, 0.4) is 0 Å². The molecule has 5 nitrogen and oxygen atoms in total. The fraction of sp³-hybridized carbons (Fsp3) is 0.231. The lowest BCUT2D eigenvalue weighted by Crippen LogP contribution is -2.26. The zero-order chi connectivity index (χ0) is 15.6. The Balaban J connectivity index is 2.22. The zero-order valence-corrected chi connectivity index (χ0v) is 12.3. The molecule has 8 heteroatoms. The van der Waals surface area contributed by atoms with Crippen molar-refractivity contribution in [3.63, 3.8) is 0 Å². The van der Waals surface area contributed by atoms with Crippen LogP contribution in [0, 0.1) is 18.6 Å². The third-order valence-corrected chi connectivity index (χ3v) is 3.93. The number of hydrogen-bond acceptors (Lipinski definition) is 5. The second kappa shape index (κ2) is 6.15. The summed E-state index contributed by atoms with van der Waals surface area (Å²) in [5.74, 6) is 2.70. The van der Waals surface area contributed by atoms with Crippen LogP contribution in [0.2, 0.25) is 0 Å². The van der Waals surface area contributed by atoms with Gasteiger partial charge in [0, 0.05) is 17.5 Å². The highest BCUT2D eigenvalue weighted by Gasteiger charge is 2.18. The van der Waals surface area contributed by atoms with Crippen LogP contribution in [0.15, 0.2) is 17.6 Å². The molecular formula is C13H14F2N4OS. The van der Waals surface area contributed by atoms with Gasteiger partial charge in [-0.15, -0.1) is 11.3 Å². The van der Waals surface area contributed by atoms with Crippen LogP contribution in [0.4, 0.5) is 14.5 Å². The highest BCUT2D eigenvalue weighted by Crippen LogP contribution is 2.21. The normalized spacial score (nSPS) is 10.5. The number of aromatic nitrogens is 1. The molecule has 0 saturated heterocycles. The van der Waals surface area contributed by atoms with Gasteiger partial charge in [0.05, 0.1) is 17.7 Å². The molecule has 1 aromatic heterocycles. The van der Waals surface area contributed by atoms with Gasteiger partial charge in [0.2, 0.25) is 0 Å². The van der Waals surface area contributed by atoms with Crippen LogP contribution in [0.25, 0.3) is 0 Å². The lowest BCUT2D eigenvalue weighted by Gasteiger charge is -2.17. The summed E-state index contributed by atoms with van der Waals surface area (Å²) >= 11 is 1.42. The number of carbonyl (C=O) groups is 1. The van der Waals surface area contributed by atoms with Gasteiger partial charge in [-0.1, -0.05) is 0 Å². The molecule has 2 aromatic rings. The molecule has 112 valence electrons. The molecule has 0 aliphatic carbocycles. The summed E-state index contributed by atoms with van der Waals surface area (Å²) in [6, 6.07) is 1.91. The van der Waals surface area contributed by atoms with Crippen LogP contribution >= 0.6 is 11.3 Å². The number of anilines is 1. The van der Waals surface area contributed by atoms with Crippen LogP contribution in [0.1, 0.15) is 20.9 Å². The molecule has 0 bridgehead atoms. The number of aryl methyl sites for hydroxylation is 1. The number of hydrogen-bond donors (Lipinski definition) is 2. The lowest BCUT2D eigenvalue weighted by atomic mass is 10.1. The van der Waals surface area contributed by atoms with E-state index >= 15 is 0 Å². The Morgan fingerprint density at radius 3 is 2.52 bits per heavy atom. The number of nitrogens with zero attached hydrogens (tertiary/aromatic N) is 2. The number of nitrogens with one attached hydrogen (secondary N) is 1. The van der Waals surface area contributed by atoms with E-state index in [-0.39, 0.29) is 5.56 Å². The maximum absolute atomic E-state index is 13.6. The van der Waals surface area contributed by atoms with Crippen molar-refractivity contribution in [3.8, 4) is 0 Å². The Kier molecular flexibility index (Phi) is 4.49. The number of hydrazine groups is 1. The number of nitrogens with two attached hydrogens (primary N) is 1. The molecule has 0 atom stereocenters.